The lowest BCUT2D eigenvalue weighted by Gasteiger charge is -2.12. The van der Waals surface area contributed by atoms with Crippen molar-refractivity contribution in [2.24, 2.45) is 0 Å². The number of nitriles is 1. The van der Waals surface area contributed by atoms with Crippen LogP contribution in [0, 0.1) is 25.2 Å². The van der Waals surface area contributed by atoms with E-state index in [2.05, 4.69) is 24.2 Å². The van der Waals surface area contributed by atoms with E-state index in [1.54, 1.807) is 6.08 Å². The highest BCUT2D eigenvalue weighted by molar-refractivity contribution is 5.68. The first-order chi connectivity index (χ1) is 7.56. The lowest BCUT2D eigenvalue weighted by Crippen LogP contribution is -2.02. The minimum atomic E-state index is 0.611. The van der Waals surface area contributed by atoms with Gasteiger partial charge >= 0.3 is 0 Å². The number of aromatic nitrogens is 1. The molecule has 0 aliphatic heterocycles. The van der Waals surface area contributed by atoms with Gasteiger partial charge in [-0.2, -0.15) is 5.26 Å². The maximum absolute atomic E-state index is 9.08. The summed E-state index contributed by atoms with van der Waals surface area (Å²) >= 11 is 0. The molecule has 1 aromatic rings. The Morgan fingerprint density at radius 2 is 2.06 bits per heavy atom. The van der Waals surface area contributed by atoms with Gasteiger partial charge in [0, 0.05) is 0 Å². The SMILES string of the molecule is C=Cc1nc(C(=C)CC)c(C)c(C)c1C#N. The van der Waals surface area contributed by atoms with Gasteiger partial charge in [0.15, 0.2) is 0 Å². The van der Waals surface area contributed by atoms with Gasteiger partial charge in [-0.1, -0.05) is 20.1 Å². The van der Waals surface area contributed by atoms with Gasteiger partial charge < -0.3 is 0 Å². The third-order valence-corrected chi connectivity index (χ3v) is 2.85. The zero-order chi connectivity index (χ0) is 12.3. The van der Waals surface area contributed by atoms with Crippen LogP contribution in [-0.4, -0.2) is 4.98 Å². The second-order valence-corrected chi connectivity index (χ2v) is 3.74. The van der Waals surface area contributed by atoms with Gasteiger partial charge in [-0.05, 0) is 43.0 Å². The summed E-state index contributed by atoms with van der Waals surface area (Å²) < 4.78 is 0. The third-order valence-electron chi connectivity index (χ3n) is 2.85. The molecule has 0 aliphatic rings. The van der Waals surface area contributed by atoms with Crippen LogP contribution in [0.3, 0.4) is 0 Å². The molecule has 0 N–H and O–H groups in total. The fourth-order valence-electron chi connectivity index (χ4n) is 1.62. The summed E-state index contributed by atoms with van der Waals surface area (Å²) in [5.74, 6) is 0. The Kier molecular flexibility index (Phi) is 3.63. The summed E-state index contributed by atoms with van der Waals surface area (Å²) in [6.45, 7) is 13.7. The molecule has 0 atom stereocenters. The highest BCUT2D eigenvalue weighted by Crippen LogP contribution is 2.25. The minimum absolute atomic E-state index is 0.611. The Morgan fingerprint density at radius 3 is 2.50 bits per heavy atom. The quantitative estimate of drug-likeness (QED) is 0.767. The second-order valence-electron chi connectivity index (χ2n) is 3.74. The van der Waals surface area contributed by atoms with E-state index in [9.17, 15) is 0 Å². The van der Waals surface area contributed by atoms with Crippen molar-refractivity contribution in [3.8, 4) is 6.07 Å². The van der Waals surface area contributed by atoms with Gasteiger partial charge in [-0.3, -0.25) is 0 Å². The van der Waals surface area contributed by atoms with E-state index in [0.717, 1.165) is 28.8 Å². The first-order valence-corrected chi connectivity index (χ1v) is 5.28. The van der Waals surface area contributed by atoms with Crippen LogP contribution in [-0.2, 0) is 0 Å². The van der Waals surface area contributed by atoms with Crippen molar-refractivity contribution in [3.05, 3.63) is 41.2 Å². The Labute approximate surface area is 96.9 Å². The van der Waals surface area contributed by atoms with Crippen LogP contribution in [0.5, 0.6) is 0 Å². The Bertz CT molecular complexity index is 490. The van der Waals surface area contributed by atoms with E-state index in [1.807, 2.05) is 20.8 Å². The van der Waals surface area contributed by atoms with Crippen molar-refractivity contribution in [1.29, 1.82) is 5.26 Å². The standard InChI is InChI=1S/C14H16N2/c1-6-9(3)14-11(5)10(4)12(8-15)13(7-2)16-14/h7H,2-3,6H2,1,4-5H3. The van der Waals surface area contributed by atoms with Crippen LogP contribution in [0.2, 0.25) is 0 Å². The van der Waals surface area contributed by atoms with Gasteiger partial charge in [0.1, 0.15) is 6.07 Å². The first kappa shape index (κ1) is 12.2. The highest BCUT2D eigenvalue weighted by Gasteiger charge is 2.13. The Morgan fingerprint density at radius 1 is 1.44 bits per heavy atom. The zero-order valence-electron chi connectivity index (χ0n) is 10.1. The van der Waals surface area contributed by atoms with Crippen LogP contribution < -0.4 is 0 Å². The topological polar surface area (TPSA) is 36.7 Å². The zero-order valence-corrected chi connectivity index (χ0v) is 10.1. The molecule has 82 valence electrons. The summed E-state index contributed by atoms with van der Waals surface area (Å²) in [5, 5.41) is 9.08. The molecule has 0 aromatic carbocycles. The molecule has 1 aromatic heterocycles. The molecule has 16 heavy (non-hydrogen) atoms. The molecular weight excluding hydrogens is 196 g/mol. The van der Waals surface area contributed by atoms with Crippen molar-refractivity contribution in [2.45, 2.75) is 27.2 Å². The molecule has 0 spiro atoms. The molecule has 0 saturated carbocycles. The van der Waals surface area contributed by atoms with Gasteiger partial charge in [0.05, 0.1) is 17.0 Å². The lowest BCUT2D eigenvalue weighted by molar-refractivity contribution is 1.11. The van der Waals surface area contributed by atoms with Crippen molar-refractivity contribution in [3.63, 3.8) is 0 Å². The molecule has 2 nitrogen and oxygen atoms in total. The monoisotopic (exact) mass is 212 g/mol. The fourth-order valence-corrected chi connectivity index (χ4v) is 1.62. The normalized spacial score (nSPS) is 9.62. The molecule has 0 amide bonds. The number of allylic oxidation sites excluding steroid dienone is 1. The summed E-state index contributed by atoms with van der Waals surface area (Å²) in [4.78, 5) is 4.45. The van der Waals surface area contributed by atoms with Gasteiger partial charge in [-0.25, -0.2) is 4.98 Å². The molecule has 1 rings (SSSR count). The summed E-state index contributed by atoms with van der Waals surface area (Å²) in [6.07, 6.45) is 2.48. The van der Waals surface area contributed by atoms with Crippen LogP contribution in [0.4, 0.5) is 0 Å². The number of nitrogens with zero attached hydrogens (tertiary/aromatic N) is 2. The number of hydrogen-bond acceptors (Lipinski definition) is 2. The summed E-state index contributed by atoms with van der Waals surface area (Å²) in [7, 11) is 0. The van der Waals surface area contributed by atoms with Gasteiger partial charge in [0.2, 0.25) is 0 Å². The van der Waals surface area contributed by atoms with Crippen LogP contribution in [0.15, 0.2) is 13.2 Å². The maximum Gasteiger partial charge on any atom is 0.102 e. The molecule has 1 heterocycles. The second kappa shape index (κ2) is 4.76. The number of pyridine rings is 1. The van der Waals surface area contributed by atoms with Crippen molar-refractivity contribution >= 4 is 11.6 Å². The smallest absolute Gasteiger partial charge is 0.102 e. The predicted octanol–water partition coefficient (Wildman–Crippen LogP) is 3.64. The molecule has 0 bridgehead atoms. The van der Waals surface area contributed by atoms with Crippen molar-refractivity contribution in [1.82, 2.24) is 4.98 Å². The average molecular weight is 212 g/mol. The first-order valence-electron chi connectivity index (χ1n) is 5.28. The average Bonchev–Trinajstić information content (AvgIpc) is 2.31. The highest BCUT2D eigenvalue weighted by atomic mass is 14.7. The van der Waals surface area contributed by atoms with Gasteiger partial charge in [-0.15, -0.1) is 0 Å². The maximum atomic E-state index is 9.08. The summed E-state index contributed by atoms with van der Waals surface area (Å²) in [5.41, 5.74) is 5.16. The molecule has 2 heteroatoms. The summed E-state index contributed by atoms with van der Waals surface area (Å²) in [6, 6.07) is 2.18. The number of hydrogen-bond donors (Lipinski definition) is 0. The van der Waals surface area contributed by atoms with Crippen molar-refractivity contribution in [2.75, 3.05) is 0 Å². The molecule has 0 unspecified atom stereocenters. The van der Waals surface area contributed by atoms with Crippen molar-refractivity contribution < 1.29 is 0 Å². The molecule has 0 radical (unpaired) electrons. The van der Waals surface area contributed by atoms with Gasteiger partial charge in [0.25, 0.3) is 0 Å². The number of rotatable bonds is 3. The van der Waals surface area contributed by atoms with E-state index >= 15 is 0 Å². The van der Waals surface area contributed by atoms with E-state index in [1.165, 1.54) is 0 Å². The Balaban J connectivity index is 3.58. The predicted molar refractivity (Wildman–Crippen MR) is 67.8 cm³/mol. The molecule has 0 saturated heterocycles. The molecule has 0 aliphatic carbocycles. The van der Waals surface area contributed by atoms with Crippen LogP contribution in [0.25, 0.3) is 11.6 Å². The van der Waals surface area contributed by atoms with Crippen LogP contribution in [0.1, 0.15) is 41.4 Å². The molecular formula is C14H16N2. The minimum Gasteiger partial charge on any atom is -0.247 e. The molecule has 0 fully saturated rings. The lowest BCUT2D eigenvalue weighted by atomic mass is 9.97. The third kappa shape index (κ3) is 1.90. The fraction of sp³-hybridized carbons (Fsp3) is 0.286. The van der Waals surface area contributed by atoms with Crippen LogP contribution >= 0.6 is 0 Å². The van der Waals surface area contributed by atoms with E-state index in [4.69, 9.17) is 5.26 Å². The van der Waals surface area contributed by atoms with E-state index < -0.39 is 0 Å². The van der Waals surface area contributed by atoms with E-state index in [-0.39, 0.29) is 0 Å². The largest absolute Gasteiger partial charge is 0.247 e. The van der Waals surface area contributed by atoms with E-state index in [0.29, 0.717) is 11.3 Å². The Hall–Kier alpha value is -1.88.